The van der Waals surface area contributed by atoms with Crippen molar-refractivity contribution in [2.75, 3.05) is 0 Å². The lowest BCUT2D eigenvalue weighted by Gasteiger charge is -2.11. The second-order valence-electron chi connectivity index (χ2n) is 4.07. The number of benzene rings is 1. The van der Waals surface area contributed by atoms with Gasteiger partial charge in [0.25, 0.3) is 0 Å². The van der Waals surface area contributed by atoms with Gasteiger partial charge in [0, 0.05) is 4.90 Å². The quantitative estimate of drug-likeness (QED) is 0.622. The highest BCUT2D eigenvalue weighted by atomic mass is 32.2. The second-order valence-corrected chi connectivity index (χ2v) is 5.46. The summed E-state index contributed by atoms with van der Waals surface area (Å²) in [4.78, 5) is 0.179. The Morgan fingerprint density at radius 1 is 1.45 bits per heavy atom. The van der Waals surface area contributed by atoms with Crippen LogP contribution in [0.4, 0.5) is 13.2 Å². The number of hydrogen-bond donors (Lipinski definition) is 0. The summed E-state index contributed by atoms with van der Waals surface area (Å²) in [5.41, 5.74) is -0.147. The lowest BCUT2D eigenvalue weighted by atomic mass is 10.1. The summed E-state index contributed by atoms with van der Waals surface area (Å²) in [6.45, 7) is 6.49. The van der Waals surface area contributed by atoms with Crippen LogP contribution in [0.15, 0.2) is 46.2 Å². The molecule has 0 heterocycles. The highest BCUT2D eigenvalue weighted by Gasteiger charge is 2.31. The van der Waals surface area contributed by atoms with Crippen molar-refractivity contribution in [1.29, 1.82) is 5.26 Å². The van der Waals surface area contributed by atoms with E-state index in [4.69, 9.17) is 5.26 Å². The molecule has 1 atom stereocenters. The smallest absolute Gasteiger partial charge is 0.248 e. The molecule has 0 spiro atoms. The molecule has 1 aromatic rings. The van der Waals surface area contributed by atoms with Gasteiger partial charge in [-0.3, -0.25) is 0 Å². The third-order valence-corrected chi connectivity index (χ3v) is 4.29. The molecule has 0 aromatic heterocycles. The molecule has 0 saturated carbocycles. The minimum atomic E-state index is -4.45. The normalized spacial score (nSPS) is 14.2. The summed E-state index contributed by atoms with van der Waals surface area (Å²) in [5, 5.41) is 9.01. The second kappa shape index (κ2) is 6.06. The Labute approximate surface area is 117 Å². The molecule has 0 radical (unpaired) electrons. The van der Waals surface area contributed by atoms with Crippen LogP contribution in [0, 0.1) is 18.3 Å². The molecule has 106 valence electrons. The highest BCUT2D eigenvalue weighted by Crippen LogP contribution is 2.32. The van der Waals surface area contributed by atoms with Crippen molar-refractivity contribution in [2.24, 2.45) is 0 Å². The maximum Gasteiger partial charge on any atom is 0.416 e. The van der Waals surface area contributed by atoms with Gasteiger partial charge in [-0.1, -0.05) is 12.7 Å². The highest BCUT2D eigenvalue weighted by molar-refractivity contribution is 7.89. The zero-order chi connectivity index (χ0) is 15.5. The molecule has 0 aliphatic rings. The van der Waals surface area contributed by atoms with Gasteiger partial charge in [-0.15, -0.1) is 0 Å². The van der Waals surface area contributed by atoms with E-state index in [1.165, 1.54) is 13.0 Å². The Morgan fingerprint density at radius 3 is 2.45 bits per heavy atom. The monoisotopic (exact) mass is 299 g/mol. The fraction of sp³-hybridized carbons (Fsp3) is 0.214. The summed E-state index contributed by atoms with van der Waals surface area (Å²) in [7, 11) is -1.82. The Kier molecular flexibility index (Phi) is 4.90. The van der Waals surface area contributed by atoms with E-state index < -0.39 is 22.5 Å². The van der Waals surface area contributed by atoms with Crippen LogP contribution in [-0.2, 0) is 17.0 Å². The Hall–Kier alpha value is -1.87. The van der Waals surface area contributed by atoms with Crippen LogP contribution in [0.1, 0.15) is 18.1 Å². The van der Waals surface area contributed by atoms with Crippen molar-refractivity contribution in [3.8, 4) is 6.07 Å². The van der Waals surface area contributed by atoms with Gasteiger partial charge >= 0.3 is 6.18 Å². The first-order valence-electron chi connectivity index (χ1n) is 5.55. The molecule has 1 rings (SSSR count). The molecule has 0 fully saturated rings. The van der Waals surface area contributed by atoms with E-state index in [0.717, 1.165) is 18.2 Å². The number of aryl methyl sites for hydroxylation is 1. The summed E-state index contributed by atoms with van der Waals surface area (Å²) in [5.74, 6) is 0. The molecule has 1 unspecified atom stereocenters. The van der Waals surface area contributed by atoms with Crippen molar-refractivity contribution in [3.05, 3.63) is 52.5 Å². The van der Waals surface area contributed by atoms with E-state index in [0.29, 0.717) is 5.57 Å². The zero-order valence-corrected chi connectivity index (χ0v) is 11.7. The molecular weight excluding hydrogens is 287 g/mol. The average Bonchev–Trinajstić information content (AvgIpc) is 2.37. The standard InChI is InChI=1S/C14H12F3NOS/c1-4-9(2)13(8-18)20(19)12-6-5-11(7-10(12)3)14(15,16)17/h4-7H,1H2,2-3H3/b13-9-. The van der Waals surface area contributed by atoms with Gasteiger partial charge in [-0.2, -0.15) is 18.4 Å². The number of nitrogens with zero attached hydrogens (tertiary/aromatic N) is 1. The first-order valence-corrected chi connectivity index (χ1v) is 6.70. The van der Waals surface area contributed by atoms with Crippen LogP contribution in [0.5, 0.6) is 0 Å². The van der Waals surface area contributed by atoms with Gasteiger partial charge in [0.05, 0.1) is 16.4 Å². The van der Waals surface area contributed by atoms with Crippen molar-refractivity contribution in [1.82, 2.24) is 0 Å². The number of hydrogen-bond acceptors (Lipinski definition) is 2. The summed E-state index contributed by atoms with van der Waals surface area (Å²) in [6, 6.07) is 4.73. The lowest BCUT2D eigenvalue weighted by molar-refractivity contribution is -0.137. The predicted molar refractivity (Wildman–Crippen MR) is 71.1 cm³/mol. The van der Waals surface area contributed by atoms with Crippen molar-refractivity contribution in [2.45, 2.75) is 24.9 Å². The minimum Gasteiger partial charge on any atom is -0.248 e. The van der Waals surface area contributed by atoms with Crippen LogP contribution in [0.25, 0.3) is 0 Å². The van der Waals surface area contributed by atoms with Gasteiger partial charge in [0.1, 0.15) is 11.0 Å². The largest absolute Gasteiger partial charge is 0.416 e. The van der Waals surface area contributed by atoms with Crippen molar-refractivity contribution in [3.63, 3.8) is 0 Å². The molecule has 2 nitrogen and oxygen atoms in total. The average molecular weight is 299 g/mol. The fourth-order valence-corrected chi connectivity index (χ4v) is 2.73. The molecule has 0 N–H and O–H groups in total. The van der Waals surface area contributed by atoms with Crippen LogP contribution in [0.3, 0.4) is 0 Å². The van der Waals surface area contributed by atoms with Crippen molar-refractivity contribution < 1.29 is 17.4 Å². The summed E-state index contributed by atoms with van der Waals surface area (Å²) in [6.07, 6.45) is -3.06. The summed E-state index contributed by atoms with van der Waals surface area (Å²) >= 11 is 0. The van der Waals surface area contributed by atoms with E-state index in [9.17, 15) is 17.4 Å². The number of allylic oxidation sites excluding steroid dienone is 3. The van der Waals surface area contributed by atoms with Gasteiger partial charge in [-0.25, -0.2) is 4.21 Å². The number of nitriles is 1. The molecule has 6 heteroatoms. The van der Waals surface area contributed by atoms with Gasteiger partial charge in [0.15, 0.2) is 0 Å². The minimum absolute atomic E-state index is 0.0112. The fourth-order valence-electron chi connectivity index (χ4n) is 1.51. The van der Waals surface area contributed by atoms with Crippen molar-refractivity contribution >= 4 is 10.8 Å². The SMILES string of the molecule is C=C/C(C)=C(/C#N)S(=O)c1ccc(C(F)(F)F)cc1C. The summed E-state index contributed by atoms with van der Waals surface area (Å²) < 4.78 is 49.9. The predicted octanol–water partition coefficient (Wildman–Crippen LogP) is 4.11. The third-order valence-electron chi connectivity index (χ3n) is 2.65. The van der Waals surface area contributed by atoms with Crippen LogP contribution >= 0.6 is 0 Å². The van der Waals surface area contributed by atoms with E-state index in [1.54, 1.807) is 6.92 Å². The Balaban J connectivity index is 3.33. The van der Waals surface area contributed by atoms with Gasteiger partial charge in [-0.05, 0) is 43.2 Å². The third kappa shape index (κ3) is 3.36. The Morgan fingerprint density at radius 2 is 2.05 bits per heavy atom. The lowest BCUT2D eigenvalue weighted by Crippen LogP contribution is -2.07. The van der Waals surface area contributed by atoms with Gasteiger partial charge in [0.2, 0.25) is 0 Å². The molecule has 0 aliphatic heterocycles. The molecule has 0 aliphatic carbocycles. The van der Waals surface area contributed by atoms with E-state index >= 15 is 0 Å². The maximum atomic E-state index is 12.6. The molecule has 0 saturated heterocycles. The molecule has 20 heavy (non-hydrogen) atoms. The number of rotatable bonds is 3. The van der Waals surface area contributed by atoms with E-state index in [2.05, 4.69) is 6.58 Å². The first kappa shape index (κ1) is 16.2. The van der Waals surface area contributed by atoms with Crippen LogP contribution < -0.4 is 0 Å². The molecule has 0 bridgehead atoms. The Bertz CT molecular complexity index is 639. The first-order chi connectivity index (χ1) is 9.22. The van der Waals surface area contributed by atoms with E-state index in [-0.39, 0.29) is 15.4 Å². The molecule has 1 aromatic carbocycles. The van der Waals surface area contributed by atoms with Crippen LogP contribution in [0.2, 0.25) is 0 Å². The maximum absolute atomic E-state index is 12.6. The number of alkyl halides is 3. The molecule has 0 amide bonds. The molecular formula is C14H12F3NOS. The van der Waals surface area contributed by atoms with E-state index in [1.807, 2.05) is 6.07 Å². The number of halogens is 3. The van der Waals surface area contributed by atoms with Crippen LogP contribution in [-0.4, -0.2) is 4.21 Å². The topological polar surface area (TPSA) is 40.9 Å². The zero-order valence-electron chi connectivity index (χ0n) is 10.9. The van der Waals surface area contributed by atoms with Gasteiger partial charge < -0.3 is 0 Å².